The summed E-state index contributed by atoms with van der Waals surface area (Å²) >= 11 is 0. The molecular weight excluding hydrogens is 226 g/mol. The topological polar surface area (TPSA) is 44.5 Å². The number of ether oxygens (including phenoxy) is 2. The maximum absolute atomic E-state index is 6.29. The van der Waals surface area contributed by atoms with Crippen molar-refractivity contribution in [1.29, 1.82) is 0 Å². The van der Waals surface area contributed by atoms with Crippen molar-refractivity contribution in [3.05, 3.63) is 23.8 Å². The minimum Gasteiger partial charge on any atom is -0.490 e. The van der Waals surface area contributed by atoms with E-state index in [2.05, 4.69) is 6.07 Å². The van der Waals surface area contributed by atoms with Crippen LogP contribution < -0.4 is 15.2 Å². The second-order valence-electron chi connectivity index (χ2n) is 4.79. The highest BCUT2D eigenvalue weighted by molar-refractivity contribution is 5.44. The molecule has 0 aliphatic heterocycles. The predicted octanol–water partition coefficient (Wildman–Crippen LogP) is 3.28. The normalized spacial score (nSPS) is 17.1. The molecule has 1 aliphatic rings. The lowest BCUT2D eigenvalue weighted by Gasteiger charge is -2.31. The van der Waals surface area contributed by atoms with E-state index in [0.717, 1.165) is 17.1 Å². The molecule has 3 heteroatoms. The van der Waals surface area contributed by atoms with Crippen LogP contribution in [0.15, 0.2) is 18.2 Å². The maximum atomic E-state index is 6.29. The van der Waals surface area contributed by atoms with Gasteiger partial charge in [-0.2, -0.15) is 0 Å². The molecule has 1 aromatic carbocycles. The molecule has 1 aliphatic carbocycles. The first kappa shape index (κ1) is 13.2. The molecule has 3 nitrogen and oxygen atoms in total. The molecule has 0 aromatic heterocycles. The molecule has 1 fully saturated rings. The van der Waals surface area contributed by atoms with Crippen molar-refractivity contribution in [1.82, 2.24) is 0 Å². The number of benzene rings is 1. The molecule has 0 radical (unpaired) electrons. The Bertz CT molecular complexity index is 388. The predicted molar refractivity (Wildman–Crippen MR) is 73.0 cm³/mol. The highest BCUT2D eigenvalue weighted by Gasteiger charge is 2.26. The van der Waals surface area contributed by atoms with Crippen molar-refractivity contribution < 1.29 is 9.47 Å². The van der Waals surface area contributed by atoms with E-state index in [4.69, 9.17) is 15.2 Å². The van der Waals surface area contributed by atoms with Crippen LogP contribution in [0.25, 0.3) is 0 Å². The quantitative estimate of drug-likeness (QED) is 0.841. The van der Waals surface area contributed by atoms with Gasteiger partial charge in [0.25, 0.3) is 0 Å². The van der Waals surface area contributed by atoms with E-state index in [0.29, 0.717) is 19.1 Å². The Morgan fingerprint density at radius 3 is 2.39 bits per heavy atom. The highest BCUT2D eigenvalue weighted by atomic mass is 16.5. The summed E-state index contributed by atoms with van der Waals surface area (Å²) in [5.74, 6) is 2.26. The second kappa shape index (κ2) is 6.10. The van der Waals surface area contributed by atoms with Gasteiger partial charge in [0, 0.05) is 6.04 Å². The molecule has 1 atom stereocenters. The van der Waals surface area contributed by atoms with E-state index in [1.165, 1.54) is 19.3 Å². The molecule has 0 spiro atoms. The lowest BCUT2D eigenvalue weighted by molar-refractivity contribution is 0.261. The van der Waals surface area contributed by atoms with Crippen LogP contribution in [0.2, 0.25) is 0 Å². The van der Waals surface area contributed by atoms with Crippen molar-refractivity contribution in [2.75, 3.05) is 13.2 Å². The number of nitrogens with two attached hydrogens (primary N) is 1. The van der Waals surface area contributed by atoms with Gasteiger partial charge in [-0.1, -0.05) is 12.5 Å². The van der Waals surface area contributed by atoms with Gasteiger partial charge >= 0.3 is 0 Å². The molecular formula is C15H23NO2. The summed E-state index contributed by atoms with van der Waals surface area (Å²) < 4.78 is 11.2. The smallest absolute Gasteiger partial charge is 0.161 e. The number of hydrogen-bond acceptors (Lipinski definition) is 3. The van der Waals surface area contributed by atoms with Gasteiger partial charge in [0.05, 0.1) is 13.2 Å². The zero-order valence-corrected chi connectivity index (χ0v) is 11.3. The summed E-state index contributed by atoms with van der Waals surface area (Å²) in [6, 6.07) is 6.21. The van der Waals surface area contributed by atoms with Crippen molar-refractivity contribution in [2.45, 2.75) is 39.2 Å². The van der Waals surface area contributed by atoms with Crippen LogP contribution in [-0.2, 0) is 0 Å². The molecule has 0 amide bonds. The Kier molecular flexibility index (Phi) is 4.48. The zero-order valence-electron chi connectivity index (χ0n) is 11.3. The van der Waals surface area contributed by atoms with Gasteiger partial charge in [0.2, 0.25) is 0 Å². The minimum atomic E-state index is 0.133. The van der Waals surface area contributed by atoms with E-state index in [-0.39, 0.29) is 6.04 Å². The monoisotopic (exact) mass is 249 g/mol. The molecule has 1 unspecified atom stereocenters. The summed E-state index contributed by atoms with van der Waals surface area (Å²) in [4.78, 5) is 0. The third-order valence-electron chi connectivity index (χ3n) is 3.61. The van der Waals surface area contributed by atoms with E-state index in [1.807, 2.05) is 26.0 Å². The summed E-state index contributed by atoms with van der Waals surface area (Å²) in [5, 5.41) is 0. The molecule has 2 N–H and O–H groups in total. The Morgan fingerprint density at radius 1 is 1.17 bits per heavy atom. The molecule has 0 saturated heterocycles. The van der Waals surface area contributed by atoms with E-state index >= 15 is 0 Å². The number of hydrogen-bond donors (Lipinski definition) is 1. The summed E-state index contributed by atoms with van der Waals surface area (Å²) in [7, 11) is 0. The Hall–Kier alpha value is -1.22. The SMILES string of the molecule is CCOc1ccc(C(N)C2CCC2)cc1OCC. The van der Waals surface area contributed by atoms with Crippen molar-refractivity contribution in [3.63, 3.8) is 0 Å². The molecule has 1 aromatic rings. The maximum Gasteiger partial charge on any atom is 0.161 e. The standard InChI is InChI=1S/C15H23NO2/c1-3-17-13-9-8-12(10-14(13)18-4-2)15(16)11-6-5-7-11/h8-11,15H,3-7,16H2,1-2H3. The van der Waals surface area contributed by atoms with Crippen LogP contribution in [-0.4, -0.2) is 13.2 Å². The third kappa shape index (κ3) is 2.78. The molecule has 0 heterocycles. The van der Waals surface area contributed by atoms with Crippen molar-refractivity contribution in [3.8, 4) is 11.5 Å². The van der Waals surface area contributed by atoms with Crippen LogP contribution in [0, 0.1) is 5.92 Å². The van der Waals surface area contributed by atoms with Gasteiger partial charge in [-0.05, 0) is 50.3 Å². The lowest BCUT2D eigenvalue weighted by Crippen LogP contribution is -2.26. The van der Waals surface area contributed by atoms with Crippen LogP contribution in [0.3, 0.4) is 0 Å². The molecule has 2 rings (SSSR count). The van der Waals surface area contributed by atoms with Gasteiger partial charge in [-0.25, -0.2) is 0 Å². The number of rotatable bonds is 6. The van der Waals surface area contributed by atoms with Gasteiger partial charge < -0.3 is 15.2 Å². The second-order valence-corrected chi connectivity index (χ2v) is 4.79. The first-order valence-corrected chi connectivity index (χ1v) is 6.91. The van der Waals surface area contributed by atoms with Crippen LogP contribution in [0.4, 0.5) is 0 Å². The molecule has 18 heavy (non-hydrogen) atoms. The first-order valence-electron chi connectivity index (χ1n) is 6.91. The first-order chi connectivity index (χ1) is 8.76. The van der Waals surface area contributed by atoms with E-state index in [1.54, 1.807) is 0 Å². The molecule has 1 saturated carbocycles. The fourth-order valence-electron chi connectivity index (χ4n) is 2.35. The summed E-state index contributed by atoms with van der Waals surface area (Å²) in [5.41, 5.74) is 7.45. The fraction of sp³-hybridized carbons (Fsp3) is 0.600. The van der Waals surface area contributed by atoms with Gasteiger partial charge in [-0.15, -0.1) is 0 Å². The van der Waals surface area contributed by atoms with Crippen LogP contribution in [0.5, 0.6) is 11.5 Å². The molecule has 100 valence electrons. The van der Waals surface area contributed by atoms with E-state index in [9.17, 15) is 0 Å². The largest absolute Gasteiger partial charge is 0.490 e. The fourth-order valence-corrected chi connectivity index (χ4v) is 2.35. The Labute approximate surface area is 109 Å². The van der Waals surface area contributed by atoms with Gasteiger partial charge in [-0.3, -0.25) is 0 Å². The molecule has 0 bridgehead atoms. The van der Waals surface area contributed by atoms with Gasteiger partial charge in [0.15, 0.2) is 11.5 Å². The summed E-state index contributed by atoms with van der Waals surface area (Å²) in [6.45, 7) is 5.24. The Morgan fingerprint density at radius 2 is 1.83 bits per heavy atom. The minimum absolute atomic E-state index is 0.133. The van der Waals surface area contributed by atoms with Crippen LogP contribution in [0.1, 0.15) is 44.7 Å². The highest BCUT2D eigenvalue weighted by Crippen LogP contribution is 2.38. The van der Waals surface area contributed by atoms with E-state index < -0.39 is 0 Å². The lowest BCUT2D eigenvalue weighted by atomic mass is 9.77. The van der Waals surface area contributed by atoms with Crippen molar-refractivity contribution in [2.24, 2.45) is 11.7 Å². The van der Waals surface area contributed by atoms with Gasteiger partial charge in [0.1, 0.15) is 0 Å². The van der Waals surface area contributed by atoms with Crippen molar-refractivity contribution >= 4 is 0 Å². The average Bonchev–Trinajstić information content (AvgIpc) is 2.29. The summed E-state index contributed by atoms with van der Waals surface area (Å²) in [6.07, 6.45) is 3.81. The zero-order chi connectivity index (χ0) is 13.0. The third-order valence-corrected chi connectivity index (χ3v) is 3.61. The average molecular weight is 249 g/mol. The van der Waals surface area contributed by atoms with Crippen LogP contribution >= 0.6 is 0 Å². The Balaban J connectivity index is 2.18.